The second-order valence-electron chi connectivity index (χ2n) is 5.45. The number of halogens is 1. The molecule has 5 heteroatoms. The number of benzene rings is 2. The third kappa shape index (κ3) is 4.00. The zero-order valence-electron chi connectivity index (χ0n) is 12.8. The lowest BCUT2D eigenvalue weighted by molar-refractivity contribution is -0.133. The minimum atomic E-state index is -0.236. The molecule has 2 aromatic rings. The number of carbonyl (C=O) groups is 1. The Morgan fingerprint density at radius 1 is 0.957 bits per heavy atom. The van der Waals surface area contributed by atoms with Crippen LogP contribution in [-0.4, -0.2) is 43.6 Å². The fourth-order valence-corrected chi connectivity index (χ4v) is 2.62. The average molecular weight is 314 g/mol. The fraction of sp³-hybridized carbons (Fsp3) is 0.278. The van der Waals surface area contributed by atoms with Gasteiger partial charge in [-0.3, -0.25) is 4.79 Å². The number of para-hydroxylation sites is 1. The monoisotopic (exact) mass is 314 g/mol. The molecule has 1 saturated heterocycles. The van der Waals surface area contributed by atoms with Crippen LogP contribution < -0.4 is 9.64 Å². The van der Waals surface area contributed by atoms with Gasteiger partial charge in [-0.1, -0.05) is 18.2 Å². The lowest BCUT2D eigenvalue weighted by Crippen LogP contribution is -2.50. The van der Waals surface area contributed by atoms with Crippen molar-refractivity contribution in [1.82, 2.24) is 4.90 Å². The maximum absolute atomic E-state index is 13.0. The highest BCUT2D eigenvalue weighted by molar-refractivity contribution is 5.78. The van der Waals surface area contributed by atoms with Crippen LogP contribution in [0.3, 0.4) is 0 Å². The lowest BCUT2D eigenvalue weighted by Gasteiger charge is -2.36. The van der Waals surface area contributed by atoms with Gasteiger partial charge in [-0.05, 0) is 36.4 Å². The molecule has 1 fully saturated rings. The largest absolute Gasteiger partial charge is 0.484 e. The lowest BCUT2D eigenvalue weighted by atomic mass is 10.2. The molecule has 0 atom stereocenters. The van der Waals surface area contributed by atoms with Crippen LogP contribution in [0.1, 0.15) is 0 Å². The first-order chi connectivity index (χ1) is 11.2. The SMILES string of the molecule is O=C(COc1ccccc1)N1CCN(c2ccc(F)cc2)CC1. The van der Waals surface area contributed by atoms with Crippen LogP contribution >= 0.6 is 0 Å². The summed E-state index contributed by atoms with van der Waals surface area (Å²) in [5.41, 5.74) is 0.985. The predicted molar refractivity (Wildman–Crippen MR) is 87.1 cm³/mol. The number of ether oxygens (including phenoxy) is 1. The Labute approximate surface area is 135 Å². The minimum absolute atomic E-state index is 0.00684. The van der Waals surface area contributed by atoms with Gasteiger partial charge in [-0.2, -0.15) is 0 Å². The van der Waals surface area contributed by atoms with Gasteiger partial charge in [0.1, 0.15) is 11.6 Å². The first-order valence-electron chi connectivity index (χ1n) is 7.68. The van der Waals surface area contributed by atoms with Crippen molar-refractivity contribution in [3.63, 3.8) is 0 Å². The molecule has 0 spiro atoms. The molecular formula is C18H19FN2O2. The Bertz CT molecular complexity index is 638. The molecule has 1 aliphatic heterocycles. The molecule has 2 aromatic carbocycles. The first-order valence-corrected chi connectivity index (χ1v) is 7.68. The Morgan fingerprint density at radius 3 is 2.26 bits per heavy atom. The molecular weight excluding hydrogens is 295 g/mol. The van der Waals surface area contributed by atoms with Gasteiger partial charge in [0.05, 0.1) is 0 Å². The van der Waals surface area contributed by atoms with Gasteiger partial charge < -0.3 is 14.5 Å². The smallest absolute Gasteiger partial charge is 0.260 e. The molecule has 4 nitrogen and oxygen atoms in total. The van der Waals surface area contributed by atoms with Crippen molar-refractivity contribution in [2.75, 3.05) is 37.7 Å². The van der Waals surface area contributed by atoms with Crippen molar-refractivity contribution in [2.24, 2.45) is 0 Å². The molecule has 0 aromatic heterocycles. The highest BCUT2D eigenvalue weighted by atomic mass is 19.1. The van der Waals surface area contributed by atoms with E-state index in [1.54, 1.807) is 12.1 Å². The van der Waals surface area contributed by atoms with E-state index in [1.807, 2.05) is 35.2 Å². The minimum Gasteiger partial charge on any atom is -0.484 e. The average Bonchev–Trinajstić information content (AvgIpc) is 2.61. The summed E-state index contributed by atoms with van der Waals surface area (Å²) in [6.45, 7) is 2.83. The van der Waals surface area contributed by atoms with Crippen LogP contribution in [0.5, 0.6) is 5.75 Å². The third-order valence-corrected chi connectivity index (χ3v) is 3.93. The maximum Gasteiger partial charge on any atom is 0.260 e. The Hall–Kier alpha value is -2.56. The third-order valence-electron chi connectivity index (χ3n) is 3.93. The number of piperazine rings is 1. The number of carbonyl (C=O) groups excluding carboxylic acids is 1. The molecule has 1 aliphatic rings. The highest BCUT2D eigenvalue weighted by Crippen LogP contribution is 2.17. The summed E-state index contributed by atoms with van der Waals surface area (Å²) < 4.78 is 18.5. The van der Waals surface area contributed by atoms with E-state index in [4.69, 9.17) is 4.74 Å². The van der Waals surface area contributed by atoms with Gasteiger partial charge in [0.15, 0.2) is 6.61 Å². The summed E-state index contributed by atoms with van der Waals surface area (Å²) in [5, 5.41) is 0. The Balaban J connectivity index is 1.48. The van der Waals surface area contributed by atoms with Crippen LogP contribution in [0, 0.1) is 5.82 Å². The summed E-state index contributed by atoms with van der Waals surface area (Å²) in [4.78, 5) is 16.2. The molecule has 23 heavy (non-hydrogen) atoms. The van der Waals surface area contributed by atoms with E-state index >= 15 is 0 Å². The zero-order valence-corrected chi connectivity index (χ0v) is 12.8. The number of rotatable bonds is 4. The zero-order chi connectivity index (χ0) is 16.1. The van der Waals surface area contributed by atoms with Crippen molar-refractivity contribution < 1.29 is 13.9 Å². The van der Waals surface area contributed by atoms with E-state index in [0.29, 0.717) is 18.8 Å². The fourth-order valence-electron chi connectivity index (χ4n) is 2.62. The molecule has 0 radical (unpaired) electrons. The van der Waals surface area contributed by atoms with E-state index in [-0.39, 0.29) is 18.3 Å². The number of hydrogen-bond donors (Lipinski definition) is 0. The van der Waals surface area contributed by atoms with Crippen molar-refractivity contribution >= 4 is 11.6 Å². The summed E-state index contributed by atoms with van der Waals surface area (Å²) in [6, 6.07) is 15.8. The first kappa shape index (κ1) is 15.3. The predicted octanol–water partition coefficient (Wildman–Crippen LogP) is 2.55. The van der Waals surface area contributed by atoms with Gasteiger partial charge in [-0.15, -0.1) is 0 Å². The second-order valence-corrected chi connectivity index (χ2v) is 5.45. The quantitative estimate of drug-likeness (QED) is 0.869. The van der Waals surface area contributed by atoms with Gasteiger partial charge >= 0.3 is 0 Å². The summed E-state index contributed by atoms with van der Waals surface area (Å²) in [5.74, 6) is 0.457. The van der Waals surface area contributed by atoms with Gasteiger partial charge in [0, 0.05) is 31.9 Å². The topological polar surface area (TPSA) is 32.8 Å². The molecule has 0 aliphatic carbocycles. The van der Waals surface area contributed by atoms with Gasteiger partial charge in [0.25, 0.3) is 5.91 Å². The van der Waals surface area contributed by atoms with E-state index in [0.717, 1.165) is 18.8 Å². The Kier molecular flexibility index (Phi) is 4.76. The maximum atomic E-state index is 13.0. The van der Waals surface area contributed by atoms with Crippen molar-refractivity contribution in [1.29, 1.82) is 0 Å². The van der Waals surface area contributed by atoms with E-state index in [9.17, 15) is 9.18 Å². The number of nitrogens with zero attached hydrogens (tertiary/aromatic N) is 2. The van der Waals surface area contributed by atoms with Gasteiger partial charge in [-0.25, -0.2) is 4.39 Å². The van der Waals surface area contributed by atoms with Crippen LogP contribution in [0.15, 0.2) is 54.6 Å². The molecule has 0 N–H and O–H groups in total. The van der Waals surface area contributed by atoms with Crippen LogP contribution in [0.4, 0.5) is 10.1 Å². The van der Waals surface area contributed by atoms with Crippen LogP contribution in [-0.2, 0) is 4.79 Å². The van der Waals surface area contributed by atoms with E-state index < -0.39 is 0 Å². The molecule has 3 rings (SSSR count). The molecule has 0 unspecified atom stereocenters. The molecule has 1 amide bonds. The number of hydrogen-bond acceptors (Lipinski definition) is 3. The molecule has 1 heterocycles. The molecule has 120 valence electrons. The highest BCUT2D eigenvalue weighted by Gasteiger charge is 2.21. The second kappa shape index (κ2) is 7.13. The summed E-state index contributed by atoms with van der Waals surface area (Å²) >= 11 is 0. The summed E-state index contributed by atoms with van der Waals surface area (Å²) in [6.07, 6.45) is 0. The molecule has 0 bridgehead atoms. The normalized spacial score (nSPS) is 14.7. The van der Waals surface area contributed by atoms with E-state index in [2.05, 4.69) is 4.90 Å². The molecule has 0 saturated carbocycles. The van der Waals surface area contributed by atoms with Crippen LogP contribution in [0.2, 0.25) is 0 Å². The van der Waals surface area contributed by atoms with Crippen molar-refractivity contribution in [3.8, 4) is 5.75 Å². The van der Waals surface area contributed by atoms with E-state index in [1.165, 1.54) is 12.1 Å². The summed E-state index contributed by atoms with van der Waals surface area (Å²) in [7, 11) is 0. The number of anilines is 1. The van der Waals surface area contributed by atoms with Crippen LogP contribution in [0.25, 0.3) is 0 Å². The van der Waals surface area contributed by atoms with Crippen molar-refractivity contribution in [3.05, 3.63) is 60.4 Å². The van der Waals surface area contributed by atoms with Crippen molar-refractivity contribution in [2.45, 2.75) is 0 Å². The van der Waals surface area contributed by atoms with Gasteiger partial charge in [0.2, 0.25) is 0 Å². The Morgan fingerprint density at radius 2 is 1.61 bits per heavy atom. The standard InChI is InChI=1S/C18H19FN2O2/c19-15-6-8-16(9-7-15)20-10-12-21(13-11-20)18(22)14-23-17-4-2-1-3-5-17/h1-9H,10-14H2. The number of amides is 1.